The van der Waals surface area contributed by atoms with Crippen molar-refractivity contribution in [2.45, 2.75) is 6.92 Å². The van der Waals surface area contributed by atoms with Gasteiger partial charge in [0.2, 0.25) is 5.24 Å². The molecule has 0 rings (SSSR count). The zero-order chi connectivity index (χ0) is 9.15. The fraction of sp³-hybridized carbons (Fsp3) is 0.200. The monoisotopic (exact) mass is 204 g/mol. The molecule has 60 valence electrons. The Balaban J connectivity index is -0.0000000787. The molecule has 0 bridgehead atoms. The Morgan fingerprint density at radius 1 is 1.10 bits per heavy atom. The van der Waals surface area contributed by atoms with E-state index >= 15 is 0 Å². The van der Waals surface area contributed by atoms with E-state index in [2.05, 4.69) is 48.0 Å². The van der Waals surface area contributed by atoms with Gasteiger partial charge in [0.25, 0.3) is 0 Å². The van der Waals surface area contributed by atoms with Gasteiger partial charge in [-0.2, -0.15) is 0 Å². The van der Waals surface area contributed by atoms with E-state index in [1.165, 1.54) is 6.92 Å². The predicted octanol–water partition coefficient (Wildman–Crippen LogP) is 3.16. The molecule has 0 amide bonds. The lowest BCUT2D eigenvalue weighted by atomic mass is 10.9. The summed E-state index contributed by atoms with van der Waals surface area (Å²) in [6, 6.07) is 0. The molecule has 0 N–H and O–H groups in total. The molecule has 0 aromatic heterocycles. The van der Waals surface area contributed by atoms with Gasteiger partial charge in [-0.25, -0.2) is 0 Å². The van der Waals surface area contributed by atoms with Crippen LogP contribution in [0.1, 0.15) is 6.92 Å². The summed E-state index contributed by atoms with van der Waals surface area (Å²) in [6.45, 7) is 7.29. The standard InChI is InChI=1S/C2H3ClO.C2H4.CCl2O/c1-2(3)4;1-2;2-1(3)4/h1H3;1-2H2;. The lowest BCUT2D eigenvalue weighted by Gasteiger charge is -1.52. The number of carbonyl (C=O) groups is 2. The Labute approximate surface area is 74.8 Å². The van der Waals surface area contributed by atoms with Crippen molar-refractivity contribution < 1.29 is 9.59 Å². The maximum absolute atomic E-state index is 9.21. The van der Waals surface area contributed by atoms with Crippen molar-refractivity contribution in [1.29, 1.82) is 0 Å². The van der Waals surface area contributed by atoms with Gasteiger partial charge in [-0.15, -0.1) is 13.2 Å². The lowest BCUT2D eigenvalue weighted by molar-refractivity contribution is -0.109. The molecule has 0 radical (unpaired) electrons. The van der Waals surface area contributed by atoms with Crippen molar-refractivity contribution >= 4 is 44.7 Å². The molecule has 0 saturated heterocycles. The minimum Gasteiger partial charge on any atom is -0.282 e. The van der Waals surface area contributed by atoms with Crippen LogP contribution in [-0.4, -0.2) is 9.94 Å². The second-order valence-electron chi connectivity index (χ2n) is 0.696. The van der Waals surface area contributed by atoms with E-state index in [0.29, 0.717) is 0 Å². The minimum atomic E-state index is -0.889. The van der Waals surface area contributed by atoms with E-state index < -0.39 is 4.70 Å². The van der Waals surface area contributed by atoms with E-state index in [1.807, 2.05) is 0 Å². The highest BCUT2D eigenvalue weighted by Crippen LogP contribution is 1.84. The van der Waals surface area contributed by atoms with Crippen LogP contribution in [-0.2, 0) is 4.79 Å². The van der Waals surface area contributed by atoms with Gasteiger partial charge < -0.3 is 0 Å². The summed E-state index contributed by atoms with van der Waals surface area (Å²) in [6.07, 6.45) is 0. The summed E-state index contributed by atoms with van der Waals surface area (Å²) < 4.78 is -0.889. The largest absolute Gasteiger partial charge is 0.313 e. The summed E-state index contributed by atoms with van der Waals surface area (Å²) in [5, 5.41) is -0.361. The lowest BCUT2D eigenvalue weighted by Crippen LogP contribution is -1.62. The average molecular weight is 205 g/mol. The predicted molar refractivity (Wildman–Crippen MR) is 44.9 cm³/mol. The van der Waals surface area contributed by atoms with Crippen molar-refractivity contribution in [2.24, 2.45) is 0 Å². The van der Waals surface area contributed by atoms with Crippen LogP contribution in [0.2, 0.25) is 0 Å². The highest BCUT2D eigenvalue weighted by atomic mass is 35.5. The molecule has 0 aromatic rings. The fourth-order valence-electron chi connectivity index (χ4n) is 0. The molecule has 5 heteroatoms. The van der Waals surface area contributed by atoms with Gasteiger partial charge in [0, 0.05) is 6.92 Å². The van der Waals surface area contributed by atoms with Crippen LogP contribution in [0.25, 0.3) is 0 Å². The number of carbonyl (C=O) groups excluding carboxylic acids is 2. The van der Waals surface area contributed by atoms with E-state index in [0.717, 1.165) is 0 Å². The third-order valence-corrected chi connectivity index (χ3v) is 0. The second kappa shape index (κ2) is 16.0. The minimum absolute atomic E-state index is 0.361. The molecule has 0 spiro atoms. The third-order valence-electron chi connectivity index (χ3n) is 0. The summed E-state index contributed by atoms with van der Waals surface area (Å²) in [5.41, 5.74) is 0. The Hall–Kier alpha value is -0.0500. The van der Waals surface area contributed by atoms with Crippen molar-refractivity contribution in [1.82, 2.24) is 0 Å². The van der Waals surface area contributed by atoms with Crippen molar-refractivity contribution in [3.63, 3.8) is 0 Å². The molecule has 0 heterocycles. The van der Waals surface area contributed by atoms with Gasteiger partial charge >= 0.3 is 4.70 Å². The summed E-state index contributed by atoms with van der Waals surface area (Å²) in [4.78, 5) is 18.2. The average Bonchev–Trinajstić information content (AvgIpc) is 1.66. The van der Waals surface area contributed by atoms with Gasteiger partial charge in [-0.3, -0.25) is 9.59 Å². The molecular formula is C5H7Cl3O2. The SMILES string of the molecule is C=C.CC(=O)Cl.O=C(Cl)Cl. The van der Waals surface area contributed by atoms with Gasteiger partial charge in [0.15, 0.2) is 0 Å². The molecule has 0 unspecified atom stereocenters. The zero-order valence-electron chi connectivity index (χ0n) is 5.36. The maximum Gasteiger partial charge on any atom is 0.313 e. The Morgan fingerprint density at radius 2 is 1.10 bits per heavy atom. The van der Waals surface area contributed by atoms with E-state index in [9.17, 15) is 4.79 Å². The topological polar surface area (TPSA) is 34.1 Å². The first-order chi connectivity index (χ1) is 4.46. The maximum atomic E-state index is 9.21. The summed E-state index contributed by atoms with van der Waals surface area (Å²) in [7, 11) is 0. The molecular weight excluding hydrogens is 198 g/mol. The Morgan fingerprint density at radius 3 is 1.10 bits per heavy atom. The first-order valence-electron chi connectivity index (χ1n) is 1.98. The van der Waals surface area contributed by atoms with E-state index in [-0.39, 0.29) is 5.24 Å². The smallest absolute Gasteiger partial charge is 0.282 e. The first kappa shape index (κ1) is 16.5. The highest BCUT2D eigenvalue weighted by molar-refractivity contribution is 6.93. The summed E-state index contributed by atoms with van der Waals surface area (Å²) >= 11 is 13.4. The summed E-state index contributed by atoms with van der Waals surface area (Å²) in [5.74, 6) is 0. The van der Waals surface area contributed by atoms with Crippen LogP contribution in [0.3, 0.4) is 0 Å². The van der Waals surface area contributed by atoms with Crippen molar-refractivity contribution in [3.8, 4) is 0 Å². The molecule has 10 heavy (non-hydrogen) atoms. The van der Waals surface area contributed by atoms with E-state index in [1.54, 1.807) is 0 Å². The van der Waals surface area contributed by atoms with E-state index in [4.69, 9.17) is 4.79 Å². The molecule has 0 aromatic carbocycles. The molecule has 0 atom stereocenters. The molecule has 0 aliphatic rings. The van der Waals surface area contributed by atoms with Gasteiger partial charge in [-0.05, 0) is 34.8 Å². The van der Waals surface area contributed by atoms with Gasteiger partial charge in [-0.1, -0.05) is 0 Å². The van der Waals surface area contributed by atoms with Crippen LogP contribution in [0.5, 0.6) is 0 Å². The van der Waals surface area contributed by atoms with Crippen LogP contribution in [0.4, 0.5) is 4.79 Å². The normalized spacial score (nSPS) is 5.60. The Kier molecular flexibility index (Phi) is 26.4. The first-order valence-corrected chi connectivity index (χ1v) is 3.11. The van der Waals surface area contributed by atoms with Crippen molar-refractivity contribution in [3.05, 3.63) is 13.2 Å². The second-order valence-corrected chi connectivity index (χ2v) is 2.11. The molecule has 0 aliphatic carbocycles. The molecule has 0 aliphatic heterocycles. The number of hydrogen-bond donors (Lipinski definition) is 0. The van der Waals surface area contributed by atoms with Crippen molar-refractivity contribution in [2.75, 3.05) is 0 Å². The molecule has 2 nitrogen and oxygen atoms in total. The molecule has 0 fully saturated rings. The third kappa shape index (κ3) is 154000. The number of hydrogen-bond acceptors (Lipinski definition) is 2. The highest BCUT2D eigenvalue weighted by Gasteiger charge is 1.72. The fourth-order valence-corrected chi connectivity index (χ4v) is 0. The number of rotatable bonds is 0. The zero-order valence-corrected chi connectivity index (χ0v) is 7.63. The van der Waals surface area contributed by atoms with Gasteiger partial charge in [0.05, 0.1) is 0 Å². The quantitative estimate of drug-likeness (QED) is 0.450. The van der Waals surface area contributed by atoms with Crippen LogP contribution in [0.15, 0.2) is 13.2 Å². The Bertz CT molecular complexity index is 83.1. The van der Waals surface area contributed by atoms with Crippen LogP contribution < -0.4 is 0 Å². The van der Waals surface area contributed by atoms with Crippen LogP contribution >= 0.6 is 34.8 Å². The number of halogens is 3. The van der Waals surface area contributed by atoms with Crippen LogP contribution in [0, 0.1) is 0 Å². The molecule has 0 saturated carbocycles. The van der Waals surface area contributed by atoms with Gasteiger partial charge in [0.1, 0.15) is 0 Å².